The van der Waals surface area contributed by atoms with Crippen LogP contribution in [0.3, 0.4) is 0 Å². The molecule has 0 saturated carbocycles. The number of unbranched alkanes of at least 4 members (excludes halogenated alkanes) is 2. The topological polar surface area (TPSA) is 111 Å². The number of rotatable bonds is 11. The molecule has 1 amide bonds. The highest BCUT2D eigenvalue weighted by atomic mass is 35.5. The number of nitrogens with one attached hydrogen (secondary N) is 2. The third-order valence-electron chi connectivity index (χ3n) is 5.18. The molecule has 0 bridgehead atoms. The smallest absolute Gasteiger partial charge is 0.407 e. The van der Waals surface area contributed by atoms with Crippen molar-refractivity contribution in [3.05, 3.63) is 61.8 Å². The molecule has 0 saturated heterocycles. The summed E-state index contributed by atoms with van der Waals surface area (Å²) >= 11 is 5.93. The number of carbonyl (C=O) groups is 1. The number of aromatic nitrogens is 4. The van der Waals surface area contributed by atoms with Gasteiger partial charge in [-0.25, -0.2) is 14.0 Å². The molecule has 0 spiro atoms. The van der Waals surface area contributed by atoms with E-state index in [4.69, 9.17) is 16.3 Å². The molecule has 0 radical (unpaired) electrons. The summed E-state index contributed by atoms with van der Waals surface area (Å²) in [5, 5.41) is 2.65. The van der Waals surface area contributed by atoms with Crippen molar-refractivity contribution >= 4 is 28.9 Å². The molecule has 2 aromatic heterocycles. The molecule has 178 valence electrons. The molecule has 0 aliphatic carbocycles. The molecule has 11 heteroatoms. The third-order valence-corrected chi connectivity index (χ3v) is 5.36. The number of aromatic amines is 1. The van der Waals surface area contributed by atoms with Crippen molar-refractivity contribution in [2.75, 3.05) is 13.2 Å². The minimum absolute atomic E-state index is 0.0496. The summed E-state index contributed by atoms with van der Waals surface area (Å²) in [5.41, 5.74) is 0.347. The first-order valence-electron chi connectivity index (χ1n) is 10.9. The van der Waals surface area contributed by atoms with E-state index < -0.39 is 17.3 Å². The van der Waals surface area contributed by atoms with Crippen LogP contribution in [0.4, 0.5) is 9.18 Å². The van der Waals surface area contributed by atoms with Crippen molar-refractivity contribution in [1.29, 1.82) is 0 Å². The lowest BCUT2D eigenvalue weighted by Crippen LogP contribution is -2.41. The highest BCUT2D eigenvalue weighted by molar-refractivity contribution is 6.28. The van der Waals surface area contributed by atoms with Crippen LogP contribution in [0, 0.1) is 5.82 Å². The van der Waals surface area contributed by atoms with Crippen molar-refractivity contribution < 1.29 is 13.9 Å². The second-order valence-electron chi connectivity index (χ2n) is 7.62. The summed E-state index contributed by atoms with van der Waals surface area (Å²) in [6, 6.07) is 5.97. The zero-order chi connectivity index (χ0) is 23.8. The number of carbonyl (C=O) groups excluding carboxylic acids is 1. The Bertz CT molecular complexity index is 1200. The Labute approximate surface area is 194 Å². The monoisotopic (exact) mass is 479 g/mol. The van der Waals surface area contributed by atoms with E-state index in [1.54, 1.807) is 12.1 Å². The molecule has 3 rings (SSSR count). The largest absolute Gasteiger partial charge is 0.449 e. The maximum Gasteiger partial charge on any atom is 0.407 e. The Morgan fingerprint density at radius 1 is 1.15 bits per heavy atom. The number of aryl methyl sites for hydroxylation is 1. The highest BCUT2D eigenvalue weighted by Gasteiger charge is 2.16. The Morgan fingerprint density at radius 2 is 1.88 bits per heavy atom. The van der Waals surface area contributed by atoms with Crippen molar-refractivity contribution in [3.8, 4) is 0 Å². The van der Waals surface area contributed by atoms with Gasteiger partial charge in [-0.05, 0) is 42.1 Å². The minimum Gasteiger partial charge on any atom is -0.449 e. The molecule has 0 unspecified atom stereocenters. The summed E-state index contributed by atoms with van der Waals surface area (Å²) in [5.74, 6) is -0.320. The van der Waals surface area contributed by atoms with Crippen molar-refractivity contribution in [1.82, 2.24) is 24.4 Å². The van der Waals surface area contributed by atoms with Gasteiger partial charge in [-0.3, -0.25) is 13.9 Å². The molecule has 0 aliphatic heterocycles. The third kappa shape index (κ3) is 6.44. The summed E-state index contributed by atoms with van der Waals surface area (Å²) < 4.78 is 20.6. The van der Waals surface area contributed by atoms with Gasteiger partial charge in [0.2, 0.25) is 5.28 Å². The average molecular weight is 480 g/mol. The van der Waals surface area contributed by atoms with Crippen LogP contribution in [0.1, 0.15) is 38.2 Å². The second-order valence-corrected chi connectivity index (χ2v) is 7.98. The highest BCUT2D eigenvalue weighted by Crippen LogP contribution is 2.11. The maximum atomic E-state index is 12.9. The Hall–Kier alpha value is -3.14. The predicted molar refractivity (Wildman–Crippen MR) is 123 cm³/mol. The fourth-order valence-corrected chi connectivity index (χ4v) is 3.62. The summed E-state index contributed by atoms with van der Waals surface area (Å²) in [6.07, 6.45) is 2.93. The number of fused-ring (bicyclic) bond motifs is 1. The number of halogens is 2. The van der Waals surface area contributed by atoms with Crippen molar-refractivity contribution in [3.63, 3.8) is 0 Å². The molecule has 0 fully saturated rings. The zero-order valence-corrected chi connectivity index (χ0v) is 19.2. The van der Waals surface area contributed by atoms with E-state index in [1.165, 1.54) is 16.7 Å². The summed E-state index contributed by atoms with van der Waals surface area (Å²) in [7, 11) is 0. The molecule has 9 nitrogen and oxygen atoms in total. The van der Waals surface area contributed by atoms with E-state index in [-0.39, 0.29) is 42.0 Å². The van der Waals surface area contributed by atoms with E-state index in [0.29, 0.717) is 19.4 Å². The lowest BCUT2D eigenvalue weighted by atomic mass is 10.2. The Balaban J connectivity index is 1.55. The van der Waals surface area contributed by atoms with Gasteiger partial charge in [-0.2, -0.15) is 4.98 Å². The van der Waals surface area contributed by atoms with E-state index in [1.807, 2.05) is 0 Å². The maximum absolute atomic E-state index is 12.9. The normalized spacial score (nSPS) is 11.1. The van der Waals surface area contributed by atoms with Crippen LogP contribution < -0.4 is 16.6 Å². The molecule has 3 aromatic rings. The van der Waals surface area contributed by atoms with Crippen LogP contribution >= 0.6 is 11.6 Å². The number of imidazole rings is 1. The average Bonchev–Trinajstić information content (AvgIpc) is 3.18. The number of nitrogens with zero attached hydrogens (tertiary/aromatic N) is 3. The fraction of sp³-hybridized carbons (Fsp3) is 0.455. The fourth-order valence-electron chi connectivity index (χ4n) is 3.45. The van der Waals surface area contributed by atoms with Gasteiger partial charge in [0.05, 0.1) is 6.61 Å². The first-order valence-corrected chi connectivity index (χ1v) is 11.3. The van der Waals surface area contributed by atoms with Crippen LogP contribution in [-0.4, -0.2) is 38.3 Å². The van der Waals surface area contributed by atoms with Crippen LogP contribution in [0.5, 0.6) is 0 Å². The number of benzene rings is 1. The van der Waals surface area contributed by atoms with Gasteiger partial charge in [-0.1, -0.05) is 31.9 Å². The Kier molecular flexibility index (Phi) is 8.65. The quantitative estimate of drug-likeness (QED) is 0.324. The number of hydrogen-bond acceptors (Lipinski definition) is 5. The minimum atomic E-state index is -0.600. The number of ether oxygens (including phenoxy) is 1. The molecule has 1 aromatic carbocycles. The molecule has 2 N–H and O–H groups in total. The number of alkyl carbamates (subject to hydrolysis) is 1. The number of amides is 1. The van der Waals surface area contributed by atoms with E-state index in [0.717, 1.165) is 29.4 Å². The van der Waals surface area contributed by atoms with Gasteiger partial charge in [0.25, 0.3) is 5.56 Å². The molecule has 33 heavy (non-hydrogen) atoms. The van der Waals surface area contributed by atoms with Gasteiger partial charge < -0.3 is 15.0 Å². The zero-order valence-electron chi connectivity index (χ0n) is 18.4. The van der Waals surface area contributed by atoms with Crippen LogP contribution in [-0.2, 0) is 24.2 Å². The van der Waals surface area contributed by atoms with Crippen LogP contribution in [0.25, 0.3) is 11.2 Å². The lowest BCUT2D eigenvalue weighted by molar-refractivity contribution is 0.147. The first kappa shape index (κ1) is 24.5. The van der Waals surface area contributed by atoms with E-state index >= 15 is 0 Å². The van der Waals surface area contributed by atoms with Crippen LogP contribution in [0.15, 0.2) is 33.9 Å². The molecule has 0 atom stereocenters. The van der Waals surface area contributed by atoms with Crippen molar-refractivity contribution in [2.45, 2.75) is 52.1 Å². The standard InChI is InChI=1S/C22H27ClFN5O4/c1-2-3-4-12-28-18-17(26-20(23)27-18)19(30)29(22(28)32)13-5-11-25-21(31)33-14-10-15-6-8-16(24)9-7-15/h6-9H,2-5,10-14H2,1H3,(H,25,31)(H,26,27). The van der Waals surface area contributed by atoms with Crippen molar-refractivity contribution in [2.24, 2.45) is 0 Å². The SMILES string of the molecule is CCCCCn1c(=O)n(CCCNC(=O)OCCc2ccc(F)cc2)c(=O)c2[nH]c(Cl)nc21. The predicted octanol–water partition coefficient (Wildman–Crippen LogP) is 3.23. The summed E-state index contributed by atoms with van der Waals surface area (Å²) in [6.45, 7) is 2.98. The number of hydrogen-bond donors (Lipinski definition) is 2. The van der Waals surface area contributed by atoms with Gasteiger partial charge in [0, 0.05) is 26.1 Å². The molecule has 0 aliphatic rings. The first-order chi connectivity index (χ1) is 15.9. The number of H-pyrrole nitrogens is 1. The molecular formula is C22H27ClFN5O4. The van der Waals surface area contributed by atoms with Gasteiger partial charge in [0.15, 0.2) is 11.2 Å². The Morgan fingerprint density at radius 3 is 2.61 bits per heavy atom. The molecular weight excluding hydrogens is 453 g/mol. The summed E-state index contributed by atoms with van der Waals surface area (Å²) in [4.78, 5) is 44.4. The molecule has 2 heterocycles. The van der Waals surface area contributed by atoms with Gasteiger partial charge in [0.1, 0.15) is 5.82 Å². The van der Waals surface area contributed by atoms with Gasteiger partial charge in [-0.15, -0.1) is 0 Å². The second kappa shape index (κ2) is 11.6. The van der Waals surface area contributed by atoms with E-state index in [9.17, 15) is 18.8 Å². The van der Waals surface area contributed by atoms with E-state index in [2.05, 4.69) is 22.2 Å². The van der Waals surface area contributed by atoms with Gasteiger partial charge >= 0.3 is 11.8 Å². The van der Waals surface area contributed by atoms with Crippen LogP contribution in [0.2, 0.25) is 5.28 Å². The lowest BCUT2D eigenvalue weighted by Gasteiger charge is -2.11.